The number of carbonyl (C=O) groups is 5. The lowest BCUT2D eigenvalue weighted by Gasteiger charge is -2.28. The van der Waals surface area contributed by atoms with Gasteiger partial charge in [-0.2, -0.15) is 0 Å². The van der Waals surface area contributed by atoms with E-state index in [0.29, 0.717) is 38.8 Å². The lowest BCUT2D eigenvalue weighted by atomic mass is 10.1. The van der Waals surface area contributed by atoms with Gasteiger partial charge in [0.25, 0.3) is 0 Å². The van der Waals surface area contributed by atoms with E-state index in [0.717, 1.165) is 6.42 Å². The van der Waals surface area contributed by atoms with Crippen molar-refractivity contribution in [3.05, 3.63) is 0 Å². The van der Waals surface area contributed by atoms with E-state index < -0.39 is 60.9 Å². The zero-order chi connectivity index (χ0) is 24.3. The van der Waals surface area contributed by atoms with Crippen LogP contribution in [0.15, 0.2) is 0 Å². The average molecular weight is 460 g/mol. The zero-order valence-corrected chi connectivity index (χ0v) is 17.9. The predicted octanol–water partition coefficient (Wildman–Crippen LogP) is -2.65. The second-order valence-corrected chi connectivity index (χ2v) is 7.66. The lowest BCUT2D eigenvalue weighted by molar-refractivity contribution is -0.144. The van der Waals surface area contributed by atoms with Gasteiger partial charge in [-0.1, -0.05) is 6.42 Å². The fourth-order valence-electron chi connectivity index (χ4n) is 3.41. The van der Waals surface area contributed by atoms with E-state index in [1.807, 2.05) is 0 Å². The summed E-state index contributed by atoms with van der Waals surface area (Å²) in [5, 5.41) is 31.8. The van der Waals surface area contributed by atoms with Crippen molar-refractivity contribution in [1.82, 2.24) is 15.5 Å². The quantitative estimate of drug-likeness (QED) is 0.133. The smallest absolute Gasteiger partial charge is 0.326 e. The Morgan fingerprint density at radius 2 is 1.72 bits per heavy atom. The molecule has 0 aromatic carbocycles. The van der Waals surface area contributed by atoms with E-state index in [1.54, 1.807) is 0 Å². The van der Waals surface area contributed by atoms with Crippen LogP contribution in [0.1, 0.15) is 44.9 Å². The molecule has 0 radical (unpaired) electrons. The van der Waals surface area contributed by atoms with Gasteiger partial charge in [0, 0.05) is 13.0 Å². The first-order valence-corrected chi connectivity index (χ1v) is 10.5. The molecule has 9 N–H and O–H groups in total. The number of unbranched alkanes of at least 4 members (excludes halogenated alkanes) is 1. The van der Waals surface area contributed by atoms with Gasteiger partial charge in [0.2, 0.25) is 17.7 Å². The van der Waals surface area contributed by atoms with E-state index in [4.69, 9.17) is 21.7 Å². The number of nitrogens with zero attached hydrogens (tertiary/aromatic N) is 1. The minimum atomic E-state index is -1.50. The molecule has 1 fully saturated rings. The number of hydrogen-bond acceptors (Lipinski definition) is 8. The molecule has 4 atom stereocenters. The monoisotopic (exact) mass is 459 g/mol. The molecule has 1 aliphatic rings. The topological polar surface area (TPSA) is 225 Å². The van der Waals surface area contributed by atoms with Crippen LogP contribution in [0.25, 0.3) is 0 Å². The Labute approximate surface area is 185 Å². The van der Waals surface area contributed by atoms with Crippen LogP contribution >= 0.6 is 0 Å². The highest BCUT2D eigenvalue weighted by atomic mass is 16.4. The summed E-state index contributed by atoms with van der Waals surface area (Å²) in [6, 6.07) is -4.62. The van der Waals surface area contributed by atoms with Gasteiger partial charge < -0.3 is 42.3 Å². The van der Waals surface area contributed by atoms with E-state index in [-0.39, 0.29) is 12.3 Å². The molecular weight excluding hydrogens is 426 g/mol. The number of nitrogens with one attached hydrogen (secondary N) is 2. The number of rotatable bonds is 14. The van der Waals surface area contributed by atoms with Crippen LogP contribution in [0, 0.1) is 0 Å². The standard InChI is InChI=1S/C19H33N5O8/c20-8-2-1-4-11(21)18(30)24-9-3-5-14(24)17(29)23-13(10-25)16(28)22-12(19(31)32)6-7-15(26)27/h11-14,25H,1-10,20-21H2,(H,22,28)(H,23,29)(H,26,27)(H,31,32). The Balaban J connectivity index is 2.73. The Bertz CT molecular complexity index is 689. The first-order valence-electron chi connectivity index (χ1n) is 10.5. The van der Waals surface area contributed by atoms with Crippen LogP contribution in [0.4, 0.5) is 0 Å². The van der Waals surface area contributed by atoms with Gasteiger partial charge in [-0.15, -0.1) is 0 Å². The molecule has 1 heterocycles. The molecule has 13 nitrogen and oxygen atoms in total. The Morgan fingerprint density at radius 1 is 1.03 bits per heavy atom. The summed E-state index contributed by atoms with van der Waals surface area (Å²) >= 11 is 0. The molecular formula is C19H33N5O8. The summed E-state index contributed by atoms with van der Waals surface area (Å²) in [5.41, 5.74) is 11.4. The maximum atomic E-state index is 12.7. The lowest BCUT2D eigenvalue weighted by Crippen LogP contribution is -2.57. The molecule has 182 valence electrons. The van der Waals surface area contributed by atoms with Crippen LogP contribution in [0.3, 0.4) is 0 Å². The fourth-order valence-corrected chi connectivity index (χ4v) is 3.41. The average Bonchev–Trinajstić information content (AvgIpc) is 3.23. The number of nitrogens with two attached hydrogens (primary N) is 2. The molecule has 13 heteroatoms. The second-order valence-electron chi connectivity index (χ2n) is 7.66. The Morgan fingerprint density at radius 3 is 2.28 bits per heavy atom. The van der Waals surface area contributed by atoms with Crippen LogP contribution in [0.2, 0.25) is 0 Å². The van der Waals surface area contributed by atoms with Gasteiger partial charge >= 0.3 is 11.9 Å². The van der Waals surface area contributed by atoms with Crippen molar-refractivity contribution in [2.24, 2.45) is 11.5 Å². The highest BCUT2D eigenvalue weighted by Gasteiger charge is 2.37. The molecule has 4 unspecified atom stereocenters. The van der Waals surface area contributed by atoms with Gasteiger partial charge in [-0.05, 0) is 38.6 Å². The maximum Gasteiger partial charge on any atom is 0.326 e. The van der Waals surface area contributed by atoms with E-state index in [1.165, 1.54) is 4.90 Å². The summed E-state index contributed by atoms with van der Waals surface area (Å²) in [6.45, 7) is -0.00477. The number of aliphatic hydroxyl groups is 1. The zero-order valence-electron chi connectivity index (χ0n) is 17.9. The largest absolute Gasteiger partial charge is 0.481 e. The summed E-state index contributed by atoms with van der Waals surface area (Å²) in [6.07, 6.45) is 1.88. The molecule has 1 aliphatic heterocycles. The van der Waals surface area contributed by atoms with Crippen molar-refractivity contribution in [2.75, 3.05) is 19.7 Å². The first kappa shape index (κ1) is 27.3. The number of amides is 3. The van der Waals surface area contributed by atoms with Crippen molar-refractivity contribution in [3.63, 3.8) is 0 Å². The molecule has 1 rings (SSSR count). The van der Waals surface area contributed by atoms with Gasteiger partial charge in [0.1, 0.15) is 18.1 Å². The fraction of sp³-hybridized carbons (Fsp3) is 0.737. The van der Waals surface area contributed by atoms with Crippen molar-refractivity contribution >= 4 is 29.7 Å². The minimum absolute atomic E-state index is 0.327. The van der Waals surface area contributed by atoms with Crippen molar-refractivity contribution in [1.29, 1.82) is 0 Å². The summed E-state index contributed by atoms with van der Waals surface area (Å²) in [4.78, 5) is 60.9. The minimum Gasteiger partial charge on any atom is -0.481 e. The number of hydrogen-bond donors (Lipinski definition) is 7. The third kappa shape index (κ3) is 8.40. The van der Waals surface area contributed by atoms with Gasteiger partial charge in [-0.25, -0.2) is 4.79 Å². The Kier molecular flexibility index (Phi) is 11.6. The van der Waals surface area contributed by atoms with Gasteiger partial charge in [-0.3, -0.25) is 19.2 Å². The molecule has 0 bridgehead atoms. The molecule has 32 heavy (non-hydrogen) atoms. The predicted molar refractivity (Wildman–Crippen MR) is 111 cm³/mol. The third-order valence-electron chi connectivity index (χ3n) is 5.20. The highest BCUT2D eigenvalue weighted by Crippen LogP contribution is 2.19. The van der Waals surface area contributed by atoms with E-state index >= 15 is 0 Å². The molecule has 1 saturated heterocycles. The maximum absolute atomic E-state index is 12.7. The van der Waals surface area contributed by atoms with E-state index in [2.05, 4.69) is 10.6 Å². The van der Waals surface area contributed by atoms with Crippen LogP contribution < -0.4 is 22.1 Å². The third-order valence-corrected chi connectivity index (χ3v) is 5.20. The number of likely N-dealkylation sites (tertiary alicyclic amines) is 1. The molecule has 0 aromatic heterocycles. The summed E-state index contributed by atoms with van der Waals surface area (Å²) < 4.78 is 0. The molecule has 0 aliphatic carbocycles. The van der Waals surface area contributed by atoms with Gasteiger partial charge in [0.15, 0.2) is 0 Å². The highest BCUT2D eigenvalue weighted by molar-refractivity contribution is 5.94. The van der Waals surface area contributed by atoms with Gasteiger partial charge in [0.05, 0.1) is 12.6 Å². The van der Waals surface area contributed by atoms with E-state index in [9.17, 15) is 29.1 Å². The first-order chi connectivity index (χ1) is 15.1. The van der Waals surface area contributed by atoms with Crippen LogP contribution in [0.5, 0.6) is 0 Å². The molecule has 0 aromatic rings. The van der Waals surface area contributed by atoms with Crippen LogP contribution in [-0.2, 0) is 24.0 Å². The van der Waals surface area contributed by atoms with Crippen molar-refractivity contribution in [2.45, 2.75) is 69.1 Å². The normalized spacial score (nSPS) is 18.5. The van der Waals surface area contributed by atoms with Crippen molar-refractivity contribution < 1.29 is 39.3 Å². The number of carboxylic acids is 2. The SMILES string of the molecule is NCCCCC(N)C(=O)N1CCCC1C(=O)NC(CO)C(=O)NC(CCC(=O)O)C(=O)O. The Hall–Kier alpha value is -2.77. The number of aliphatic hydroxyl groups excluding tert-OH is 1. The molecule has 0 spiro atoms. The second kappa shape index (κ2) is 13.6. The molecule has 0 saturated carbocycles. The van der Waals surface area contributed by atoms with Crippen LogP contribution in [-0.4, -0.2) is 93.7 Å². The number of carbonyl (C=O) groups excluding carboxylic acids is 3. The van der Waals surface area contributed by atoms with Crippen molar-refractivity contribution in [3.8, 4) is 0 Å². The summed E-state index contributed by atoms with van der Waals surface area (Å²) in [5.74, 6) is -4.71. The molecule has 3 amide bonds. The summed E-state index contributed by atoms with van der Waals surface area (Å²) in [7, 11) is 0. The number of aliphatic carboxylic acids is 2. The number of carboxylic acid groups (broad SMARTS) is 2.